The Morgan fingerprint density at radius 1 is 1.07 bits per heavy atom. The van der Waals surface area contributed by atoms with Crippen LogP contribution in [0.25, 0.3) is 21.7 Å². The van der Waals surface area contributed by atoms with Gasteiger partial charge in [0.2, 0.25) is 0 Å². The SMILES string of the molecule is c1cc(OCCCc2cccc3onc(C4CCNCC4)c23)c2ccncc2c1. The van der Waals surface area contributed by atoms with Crippen LogP contribution >= 0.6 is 0 Å². The summed E-state index contributed by atoms with van der Waals surface area (Å²) in [5.74, 6) is 1.41. The standard InChI is InChI=1S/C24H25N3O2/c1-4-17(23-22(8-1)29-27-24(23)18-9-12-25-13-10-18)6-3-15-28-21-7-2-5-19-16-26-14-11-20(19)21/h1-2,4-5,7-8,11,14,16,18,25H,3,6,9-10,12-13,15H2. The van der Waals surface area contributed by atoms with Gasteiger partial charge in [-0.05, 0) is 62.5 Å². The molecule has 0 saturated carbocycles. The highest BCUT2D eigenvalue weighted by Crippen LogP contribution is 2.33. The predicted molar refractivity (Wildman–Crippen MR) is 114 cm³/mol. The Bertz CT molecular complexity index is 1110. The van der Waals surface area contributed by atoms with Crippen LogP contribution in [0.15, 0.2) is 59.4 Å². The van der Waals surface area contributed by atoms with Crippen LogP contribution in [-0.2, 0) is 6.42 Å². The second kappa shape index (κ2) is 8.21. The first kappa shape index (κ1) is 18.1. The zero-order valence-electron chi connectivity index (χ0n) is 16.4. The fourth-order valence-corrected chi connectivity index (χ4v) is 4.33. The molecule has 0 amide bonds. The number of hydrogen-bond donors (Lipinski definition) is 1. The molecule has 1 fully saturated rings. The van der Waals surface area contributed by atoms with Gasteiger partial charge in [0.05, 0.1) is 12.3 Å². The zero-order valence-corrected chi connectivity index (χ0v) is 16.4. The maximum Gasteiger partial charge on any atom is 0.167 e. The van der Waals surface area contributed by atoms with Gasteiger partial charge in [0.15, 0.2) is 5.58 Å². The van der Waals surface area contributed by atoms with Crippen molar-refractivity contribution in [1.82, 2.24) is 15.5 Å². The summed E-state index contributed by atoms with van der Waals surface area (Å²) in [5.41, 5.74) is 3.35. The van der Waals surface area contributed by atoms with E-state index in [4.69, 9.17) is 9.26 Å². The molecule has 0 aliphatic carbocycles. The van der Waals surface area contributed by atoms with Crippen molar-refractivity contribution < 1.29 is 9.26 Å². The molecule has 0 spiro atoms. The summed E-state index contributed by atoms with van der Waals surface area (Å²) in [7, 11) is 0. The van der Waals surface area contributed by atoms with Crippen LogP contribution in [0.1, 0.15) is 36.4 Å². The van der Waals surface area contributed by atoms with Gasteiger partial charge in [-0.1, -0.05) is 29.4 Å². The largest absolute Gasteiger partial charge is 0.493 e. The van der Waals surface area contributed by atoms with E-state index in [1.807, 2.05) is 36.7 Å². The lowest BCUT2D eigenvalue weighted by atomic mass is 9.90. The number of aromatic nitrogens is 2. The number of ether oxygens (including phenoxy) is 1. The van der Waals surface area contributed by atoms with E-state index >= 15 is 0 Å². The molecule has 4 aromatic rings. The molecule has 5 nitrogen and oxygen atoms in total. The third-order valence-corrected chi connectivity index (χ3v) is 5.83. The lowest BCUT2D eigenvalue weighted by molar-refractivity contribution is 0.315. The van der Waals surface area contributed by atoms with Crippen molar-refractivity contribution in [3.8, 4) is 5.75 Å². The Morgan fingerprint density at radius 2 is 1.97 bits per heavy atom. The number of benzene rings is 2. The van der Waals surface area contributed by atoms with Gasteiger partial charge >= 0.3 is 0 Å². The molecule has 0 atom stereocenters. The summed E-state index contributed by atoms with van der Waals surface area (Å²) in [5, 5.41) is 11.3. The maximum absolute atomic E-state index is 6.11. The second-order valence-corrected chi connectivity index (χ2v) is 7.69. The van der Waals surface area contributed by atoms with Gasteiger partial charge in [-0.15, -0.1) is 0 Å². The van der Waals surface area contributed by atoms with Crippen LogP contribution in [0.3, 0.4) is 0 Å². The van der Waals surface area contributed by atoms with Crippen molar-refractivity contribution in [3.05, 3.63) is 66.1 Å². The quantitative estimate of drug-likeness (QED) is 0.479. The molecule has 3 heterocycles. The summed E-state index contributed by atoms with van der Waals surface area (Å²) in [6.07, 6.45) is 7.81. The normalized spacial score (nSPS) is 15.2. The molecule has 1 saturated heterocycles. The fourth-order valence-electron chi connectivity index (χ4n) is 4.33. The van der Waals surface area contributed by atoms with Crippen molar-refractivity contribution in [3.63, 3.8) is 0 Å². The molecule has 0 radical (unpaired) electrons. The van der Waals surface area contributed by atoms with Crippen molar-refractivity contribution >= 4 is 21.7 Å². The minimum Gasteiger partial charge on any atom is -0.493 e. The summed E-state index contributed by atoms with van der Waals surface area (Å²) in [6.45, 7) is 2.77. The Labute approximate surface area is 170 Å². The second-order valence-electron chi connectivity index (χ2n) is 7.69. The first-order valence-electron chi connectivity index (χ1n) is 10.4. The Morgan fingerprint density at radius 3 is 2.90 bits per heavy atom. The summed E-state index contributed by atoms with van der Waals surface area (Å²) >= 11 is 0. The fraction of sp³-hybridized carbons (Fsp3) is 0.333. The van der Waals surface area contributed by atoms with Crippen LogP contribution in [0.2, 0.25) is 0 Å². The highest BCUT2D eigenvalue weighted by molar-refractivity contribution is 5.87. The van der Waals surface area contributed by atoms with Crippen LogP contribution in [0.5, 0.6) is 5.75 Å². The van der Waals surface area contributed by atoms with Crippen molar-refractivity contribution in [2.45, 2.75) is 31.6 Å². The first-order chi connectivity index (χ1) is 14.4. The smallest absolute Gasteiger partial charge is 0.167 e. The molecule has 1 N–H and O–H groups in total. The topological polar surface area (TPSA) is 60.2 Å². The average Bonchev–Trinajstić information content (AvgIpc) is 3.22. The summed E-state index contributed by atoms with van der Waals surface area (Å²) < 4.78 is 11.8. The maximum atomic E-state index is 6.11. The number of nitrogens with one attached hydrogen (secondary N) is 1. The molecular formula is C24H25N3O2. The minimum atomic E-state index is 0.485. The lowest BCUT2D eigenvalue weighted by Gasteiger charge is -2.21. The number of fused-ring (bicyclic) bond motifs is 2. The summed E-state index contributed by atoms with van der Waals surface area (Å²) in [4.78, 5) is 4.19. The van der Waals surface area contributed by atoms with Crippen molar-refractivity contribution in [2.75, 3.05) is 19.7 Å². The molecule has 2 aromatic carbocycles. The lowest BCUT2D eigenvalue weighted by Crippen LogP contribution is -2.26. The van der Waals surface area contributed by atoms with Crippen molar-refractivity contribution in [1.29, 1.82) is 0 Å². The van der Waals surface area contributed by atoms with E-state index in [2.05, 4.69) is 33.7 Å². The minimum absolute atomic E-state index is 0.485. The zero-order chi connectivity index (χ0) is 19.5. The number of rotatable bonds is 6. The van der Waals surface area contributed by atoms with Gasteiger partial charge < -0.3 is 14.6 Å². The number of nitrogens with zero attached hydrogens (tertiary/aromatic N) is 2. The monoisotopic (exact) mass is 387 g/mol. The van der Waals surface area contributed by atoms with E-state index in [0.29, 0.717) is 12.5 Å². The van der Waals surface area contributed by atoms with E-state index < -0.39 is 0 Å². The molecule has 5 rings (SSSR count). The van der Waals surface area contributed by atoms with E-state index in [0.717, 1.165) is 66.6 Å². The summed E-state index contributed by atoms with van der Waals surface area (Å²) in [6, 6.07) is 14.4. The van der Waals surface area contributed by atoms with Crippen LogP contribution < -0.4 is 10.1 Å². The number of piperidine rings is 1. The molecule has 1 aliphatic heterocycles. The van der Waals surface area contributed by atoms with Gasteiger partial charge in [0, 0.05) is 34.5 Å². The van der Waals surface area contributed by atoms with Gasteiger partial charge in [-0.2, -0.15) is 0 Å². The van der Waals surface area contributed by atoms with Gasteiger partial charge in [0.1, 0.15) is 5.75 Å². The van der Waals surface area contributed by atoms with Crippen LogP contribution in [0, 0.1) is 0 Å². The molecule has 0 bridgehead atoms. The molecule has 148 valence electrons. The predicted octanol–water partition coefficient (Wildman–Crippen LogP) is 4.85. The molecule has 2 aromatic heterocycles. The van der Waals surface area contributed by atoms with Crippen LogP contribution in [-0.4, -0.2) is 29.8 Å². The number of hydrogen-bond acceptors (Lipinski definition) is 5. The van der Waals surface area contributed by atoms with Gasteiger partial charge in [-0.3, -0.25) is 4.98 Å². The Kier molecular flexibility index (Phi) is 5.13. The van der Waals surface area contributed by atoms with Crippen LogP contribution in [0.4, 0.5) is 0 Å². The van der Waals surface area contributed by atoms with Gasteiger partial charge in [0.25, 0.3) is 0 Å². The molecule has 0 unspecified atom stereocenters. The Hall–Kier alpha value is -2.92. The molecule has 29 heavy (non-hydrogen) atoms. The number of aryl methyl sites for hydroxylation is 1. The van der Waals surface area contributed by atoms with E-state index in [9.17, 15) is 0 Å². The highest BCUT2D eigenvalue weighted by atomic mass is 16.5. The van der Waals surface area contributed by atoms with Crippen molar-refractivity contribution in [2.24, 2.45) is 0 Å². The van der Waals surface area contributed by atoms with Gasteiger partial charge in [-0.25, -0.2) is 0 Å². The molecule has 5 heteroatoms. The molecular weight excluding hydrogens is 362 g/mol. The van der Waals surface area contributed by atoms with E-state index in [1.165, 1.54) is 10.9 Å². The highest BCUT2D eigenvalue weighted by Gasteiger charge is 2.23. The van der Waals surface area contributed by atoms with E-state index in [-0.39, 0.29) is 0 Å². The average molecular weight is 387 g/mol. The van der Waals surface area contributed by atoms with E-state index in [1.54, 1.807) is 0 Å². The first-order valence-corrected chi connectivity index (χ1v) is 10.4. The third kappa shape index (κ3) is 3.70. The number of pyridine rings is 1. The Balaban J connectivity index is 1.30. The molecule has 1 aliphatic rings. The third-order valence-electron chi connectivity index (χ3n) is 5.83.